The molecule has 1 aromatic carbocycles. The van der Waals surface area contributed by atoms with E-state index in [9.17, 15) is 0 Å². The summed E-state index contributed by atoms with van der Waals surface area (Å²) in [6.45, 7) is 0. The van der Waals surface area contributed by atoms with E-state index in [0.717, 1.165) is 16.5 Å². The van der Waals surface area contributed by atoms with Gasteiger partial charge in [-0.1, -0.05) is 23.4 Å². The maximum Gasteiger partial charge on any atom is 0.296 e. The van der Waals surface area contributed by atoms with Gasteiger partial charge >= 0.3 is 0 Å². The molecule has 0 spiro atoms. The number of hydrogen-bond acceptors (Lipinski definition) is 6. The molecule has 21 heavy (non-hydrogen) atoms. The third kappa shape index (κ3) is 2.02. The highest BCUT2D eigenvalue weighted by molar-refractivity contribution is 5.92. The second-order valence-corrected chi connectivity index (χ2v) is 4.37. The van der Waals surface area contributed by atoms with Gasteiger partial charge in [-0.05, 0) is 18.2 Å². The molecule has 0 radical (unpaired) electrons. The number of hydrogen-bond donors (Lipinski definition) is 0. The molecular formula is C15H9N5O. The lowest BCUT2D eigenvalue weighted by Crippen LogP contribution is -1.88. The van der Waals surface area contributed by atoms with Crippen LogP contribution in [0, 0.1) is 0 Å². The first-order valence-electron chi connectivity index (χ1n) is 6.37. The Bertz CT molecular complexity index is 899. The van der Waals surface area contributed by atoms with Crippen LogP contribution in [-0.2, 0) is 0 Å². The van der Waals surface area contributed by atoms with Crippen LogP contribution in [0.3, 0.4) is 0 Å². The van der Waals surface area contributed by atoms with E-state index in [0.29, 0.717) is 17.5 Å². The zero-order chi connectivity index (χ0) is 14.1. The van der Waals surface area contributed by atoms with Crippen molar-refractivity contribution >= 4 is 10.9 Å². The molecule has 4 rings (SSSR count). The van der Waals surface area contributed by atoms with Gasteiger partial charge in [0, 0.05) is 29.5 Å². The van der Waals surface area contributed by atoms with E-state index in [1.165, 1.54) is 0 Å². The van der Waals surface area contributed by atoms with Crippen molar-refractivity contribution in [1.82, 2.24) is 25.1 Å². The minimum absolute atomic E-state index is 0.298. The Morgan fingerprint density at radius 1 is 0.762 bits per heavy atom. The van der Waals surface area contributed by atoms with E-state index < -0.39 is 0 Å². The molecule has 0 aliphatic heterocycles. The smallest absolute Gasteiger partial charge is 0.296 e. The molecule has 0 saturated heterocycles. The van der Waals surface area contributed by atoms with E-state index in [2.05, 4.69) is 25.1 Å². The summed E-state index contributed by atoms with van der Waals surface area (Å²) < 4.78 is 5.25. The molecule has 6 nitrogen and oxygen atoms in total. The molecule has 4 aromatic rings. The molecule has 6 heteroatoms. The molecule has 0 unspecified atom stereocenters. The van der Waals surface area contributed by atoms with Crippen LogP contribution in [0.2, 0.25) is 0 Å². The number of rotatable bonds is 2. The fourth-order valence-corrected chi connectivity index (χ4v) is 2.13. The first kappa shape index (κ1) is 11.7. The lowest BCUT2D eigenvalue weighted by Gasteiger charge is -2.00. The van der Waals surface area contributed by atoms with Gasteiger partial charge in [0.1, 0.15) is 0 Å². The van der Waals surface area contributed by atoms with Gasteiger partial charge in [-0.2, -0.15) is 4.98 Å². The zero-order valence-electron chi connectivity index (χ0n) is 10.8. The predicted molar refractivity (Wildman–Crippen MR) is 76.1 cm³/mol. The molecule has 0 amide bonds. The van der Waals surface area contributed by atoms with E-state index in [-0.39, 0.29) is 0 Å². The van der Waals surface area contributed by atoms with Crippen LogP contribution in [0.1, 0.15) is 0 Å². The van der Waals surface area contributed by atoms with Gasteiger partial charge in [0.15, 0.2) is 0 Å². The van der Waals surface area contributed by atoms with Gasteiger partial charge in [0.25, 0.3) is 5.89 Å². The van der Waals surface area contributed by atoms with Crippen molar-refractivity contribution in [3.05, 3.63) is 55.0 Å². The average Bonchev–Trinajstić information content (AvgIpc) is 3.05. The normalized spacial score (nSPS) is 10.9. The van der Waals surface area contributed by atoms with Crippen molar-refractivity contribution in [3.63, 3.8) is 0 Å². The molecule has 0 aliphatic rings. The van der Waals surface area contributed by atoms with Crippen LogP contribution >= 0.6 is 0 Å². The third-order valence-corrected chi connectivity index (χ3v) is 3.07. The molecule has 0 aliphatic carbocycles. The molecule has 0 atom stereocenters. The van der Waals surface area contributed by atoms with Gasteiger partial charge in [-0.25, -0.2) is 9.97 Å². The summed E-state index contributed by atoms with van der Waals surface area (Å²) in [5.41, 5.74) is 1.75. The van der Waals surface area contributed by atoms with E-state index in [1.54, 1.807) is 24.7 Å². The summed E-state index contributed by atoms with van der Waals surface area (Å²) in [4.78, 5) is 16.9. The summed E-state index contributed by atoms with van der Waals surface area (Å²) in [6, 6.07) is 11.4. The van der Waals surface area contributed by atoms with Crippen molar-refractivity contribution in [2.45, 2.75) is 0 Å². The van der Waals surface area contributed by atoms with Crippen LogP contribution < -0.4 is 0 Å². The molecule has 0 bridgehead atoms. The van der Waals surface area contributed by atoms with Crippen molar-refractivity contribution in [3.8, 4) is 23.1 Å². The van der Waals surface area contributed by atoms with Crippen LogP contribution in [-0.4, -0.2) is 25.1 Å². The molecule has 3 aromatic heterocycles. The lowest BCUT2D eigenvalue weighted by atomic mass is 10.1. The minimum atomic E-state index is 0.298. The highest BCUT2D eigenvalue weighted by Crippen LogP contribution is 2.26. The second-order valence-electron chi connectivity index (χ2n) is 4.37. The lowest BCUT2D eigenvalue weighted by molar-refractivity contribution is 0.429. The summed E-state index contributed by atoms with van der Waals surface area (Å²) in [7, 11) is 0. The Kier molecular flexibility index (Phi) is 2.64. The Hall–Kier alpha value is -3.15. The molecular weight excluding hydrogens is 266 g/mol. The molecule has 100 valence electrons. The van der Waals surface area contributed by atoms with Crippen molar-refractivity contribution in [2.24, 2.45) is 0 Å². The highest BCUT2D eigenvalue weighted by Gasteiger charge is 2.14. The second kappa shape index (κ2) is 4.75. The summed E-state index contributed by atoms with van der Waals surface area (Å²) in [5.74, 6) is 1.21. The highest BCUT2D eigenvalue weighted by atomic mass is 16.5. The quantitative estimate of drug-likeness (QED) is 0.559. The summed E-state index contributed by atoms with van der Waals surface area (Å²) in [5, 5.41) is 4.99. The fourth-order valence-electron chi connectivity index (χ4n) is 2.13. The van der Waals surface area contributed by atoms with Crippen LogP contribution in [0.4, 0.5) is 0 Å². The zero-order valence-corrected chi connectivity index (χ0v) is 10.8. The van der Waals surface area contributed by atoms with Crippen LogP contribution in [0.25, 0.3) is 34.0 Å². The minimum Gasteiger partial charge on any atom is -0.330 e. The van der Waals surface area contributed by atoms with Gasteiger partial charge < -0.3 is 4.52 Å². The first-order valence-corrected chi connectivity index (χ1v) is 6.37. The van der Waals surface area contributed by atoms with E-state index in [4.69, 9.17) is 4.52 Å². The fraction of sp³-hybridized carbons (Fsp3) is 0. The Morgan fingerprint density at radius 3 is 2.52 bits per heavy atom. The van der Waals surface area contributed by atoms with Gasteiger partial charge in [0.05, 0.1) is 5.52 Å². The largest absolute Gasteiger partial charge is 0.330 e. The van der Waals surface area contributed by atoms with Crippen molar-refractivity contribution in [1.29, 1.82) is 0 Å². The summed E-state index contributed by atoms with van der Waals surface area (Å²) in [6.07, 6.45) is 5.02. The summed E-state index contributed by atoms with van der Waals surface area (Å²) >= 11 is 0. The predicted octanol–water partition coefficient (Wildman–Crippen LogP) is 2.74. The van der Waals surface area contributed by atoms with Crippen LogP contribution in [0.5, 0.6) is 0 Å². The van der Waals surface area contributed by atoms with E-state index >= 15 is 0 Å². The number of pyridine rings is 1. The molecule has 0 N–H and O–H groups in total. The third-order valence-electron chi connectivity index (χ3n) is 3.07. The Labute approximate surface area is 119 Å². The molecule has 0 fully saturated rings. The van der Waals surface area contributed by atoms with Gasteiger partial charge in [0.2, 0.25) is 11.6 Å². The monoisotopic (exact) mass is 275 g/mol. The molecule has 0 saturated carbocycles. The standard InChI is InChI=1S/C15H9N5O/c1-4-11(10-5-2-7-16-12(10)6-1)13-19-15(21-20-13)14-17-8-3-9-18-14/h1-9H. The first-order chi connectivity index (χ1) is 10.4. The van der Waals surface area contributed by atoms with E-state index in [1.807, 2.05) is 30.3 Å². The average molecular weight is 275 g/mol. The Morgan fingerprint density at radius 2 is 1.62 bits per heavy atom. The van der Waals surface area contributed by atoms with Crippen LogP contribution in [0.15, 0.2) is 59.5 Å². The van der Waals surface area contributed by atoms with Gasteiger partial charge in [-0.3, -0.25) is 4.98 Å². The number of fused-ring (bicyclic) bond motifs is 1. The van der Waals surface area contributed by atoms with Crippen molar-refractivity contribution in [2.75, 3.05) is 0 Å². The van der Waals surface area contributed by atoms with Crippen molar-refractivity contribution < 1.29 is 4.52 Å². The van der Waals surface area contributed by atoms with Gasteiger partial charge in [-0.15, -0.1) is 0 Å². The topological polar surface area (TPSA) is 77.6 Å². The maximum absolute atomic E-state index is 5.25. The number of nitrogens with zero attached hydrogens (tertiary/aromatic N) is 5. The number of benzene rings is 1. The molecule has 3 heterocycles. The Balaban J connectivity index is 1.85. The number of aromatic nitrogens is 5. The maximum atomic E-state index is 5.25. The SMILES string of the molecule is c1cnc(-c2nc(-c3cccc4ncccc34)no2)nc1.